The van der Waals surface area contributed by atoms with Crippen LogP contribution in [0.4, 0.5) is 19.0 Å². The van der Waals surface area contributed by atoms with Gasteiger partial charge in [0.15, 0.2) is 0 Å². The molecule has 3 nitrogen and oxygen atoms in total. The van der Waals surface area contributed by atoms with Gasteiger partial charge >= 0.3 is 6.18 Å². The van der Waals surface area contributed by atoms with Crippen molar-refractivity contribution < 1.29 is 13.2 Å². The molecule has 0 bridgehead atoms. The number of halogens is 3. The molecule has 0 radical (unpaired) electrons. The third kappa shape index (κ3) is 3.45. The molecule has 1 fully saturated rings. The SMILES string of the molecule is FC(F)(F)Cc1cc2c(N3CCCCCC3)ncnc2s1. The molecule has 0 saturated carbocycles. The van der Waals surface area contributed by atoms with Gasteiger partial charge in [0.2, 0.25) is 0 Å². The standard InChI is InChI=1S/C14H16F3N3S/c15-14(16,17)8-10-7-11-12(18-9-19-13(11)21-10)20-5-3-1-2-4-6-20/h7,9H,1-6,8H2. The second-order valence-electron chi connectivity index (χ2n) is 5.32. The Kier molecular flexibility index (Phi) is 4.01. The summed E-state index contributed by atoms with van der Waals surface area (Å²) >= 11 is 1.11. The Morgan fingerprint density at radius 3 is 2.48 bits per heavy atom. The van der Waals surface area contributed by atoms with Gasteiger partial charge in [0, 0.05) is 18.0 Å². The molecule has 2 aromatic heterocycles. The van der Waals surface area contributed by atoms with Gasteiger partial charge in [-0.1, -0.05) is 12.8 Å². The number of hydrogen-bond acceptors (Lipinski definition) is 4. The van der Waals surface area contributed by atoms with Crippen molar-refractivity contribution >= 4 is 27.4 Å². The highest BCUT2D eigenvalue weighted by atomic mass is 32.1. The van der Waals surface area contributed by atoms with Gasteiger partial charge in [-0.25, -0.2) is 9.97 Å². The summed E-state index contributed by atoms with van der Waals surface area (Å²) in [6.07, 6.45) is 0.985. The summed E-state index contributed by atoms with van der Waals surface area (Å²) < 4.78 is 37.6. The Morgan fingerprint density at radius 1 is 1.10 bits per heavy atom. The summed E-state index contributed by atoms with van der Waals surface area (Å²) in [5.41, 5.74) is 0. The zero-order valence-electron chi connectivity index (χ0n) is 11.5. The molecule has 21 heavy (non-hydrogen) atoms. The number of rotatable bonds is 2. The zero-order valence-corrected chi connectivity index (χ0v) is 12.3. The zero-order chi connectivity index (χ0) is 14.9. The van der Waals surface area contributed by atoms with Crippen LogP contribution in [0.15, 0.2) is 12.4 Å². The van der Waals surface area contributed by atoms with Crippen molar-refractivity contribution in [2.75, 3.05) is 18.0 Å². The van der Waals surface area contributed by atoms with Crippen LogP contribution in [-0.4, -0.2) is 29.2 Å². The summed E-state index contributed by atoms with van der Waals surface area (Å²) in [7, 11) is 0. The lowest BCUT2D eigenvalue weighted by Gasteiger charge is -2.21. The molecule has 0 amide bonds. The molecule has 3 heterocycles. The monoisotopic (exact) mass is 315 g/mol. The van der Waals surface area contributed by atoms with Crippen LogP contribution < -0.4 is 4.90 Å². The van der Waals surface area contributed by atoms with Gasteiger partial charge in [0.25, 0.3) is 0 Å². The smallest absolute Gasteiger partial charge is 0.356 e. The second kappa shape index (κ2) is 5.79. The van der Waals surface area contributed by atoms with E-state index in [0.29, 0.717) is 9.71 Å². The number of fused-ring (bicyclic) bond motifs is 1. The maximum Gasteiger partial charge on any atom is 0.393 e. The first kappa shape index (κ1) is 14.6. The van der Waals surface area contributed by atoms with Crippen LogP contribution in [0.1, 0.15) is 30.6 Å². The van der Waals surface area contributed by atoms with E-state index >= 15 is 0 Å². The van der Waals surface area contributed by atoms with Crippen LogP contribution in [0.3, 0.4) is 0 Å². The highest BCUT2D eigenvalue weighted by Crippen LogP contribution is 2.34. The number of alkyl halides is 3. The molecule has 1 saturated heterocycles. The van der Waals surface area contributed by atoms with Crippen molar-refractivity contribution in [1.82, 2.24) is 9.97 Å². The van der Waals surface area contributed by atoms with Crippen LogP contribution >= 0.6 is 11.3 Å². The van der Waals surface area contributed by atoms with E-state index in [1.54, 1.807) is 6.07 Å². The van der Waals surface area contributed by atoms with E-state index in [4.69, 9.17) is 0 Å². The summed E-state index contributed by atoms with van der Waals surface area (Å²) in [5.74, 6) is 0.784. The summed E-state index contributed by atoms with van der Waals surface area (Å²) in [5, 5.41) is 0.753. The van der Waals surface area contributed by atoms with Gasteiger partial charge in [-0.2, -0.15) is 13.2 Å². The van der Waals surface area contributed by atoms with Crippen LogP contribution in [0, 0.1) is 0 Å². The normalized spacial score (nSPS) is 17.2. The van der Waals surface area contributed by atoms with Crippen LogP contribution in [-0.2, 0) is 6.42 Å². The first-order valence-electron chi connectivity index (χ1n) is 7.08. The first-order chi connectivity index (χ1) is 10.0. The molecule has 114 valence electrons. The number of aromatic nitrogens is 2. The Balaban J connectivity index is 1.95. The fraction of sp³-hybridized carbons (Fsp3) is 0.571. The van der Waals surface area contributed by atoms with E-state index in [1.807, 2.05) is 0 Å². The third-order valence-electron chi connectivity index (χ3n) is 3.64. The number of hydrogen-bond donors (Lipinski definition) is 0. The Morgan fingerprint density at radius 2 is 1.81 bits per heavy atom. The topological polar surface area (TPSA) is 29.0 Å². The molecule has 0 atom stereocenters. The van der Waals surface area contributed by atoms with Gasteiger partial charge in [-0.15, -0.1) is 11.3 Å². The number of anilines is 1. The molecule has 0 aromatic carbocycles. The van der Waals surface area contributed by atoms with Crippen LogP contribution in [0.2, 0.25) is 0 Å². The lowest BCUT2D eigenvalue weighted by molar-refractivity contribution is -0.126. The number of thiophene rings is 1. The van der Waals surface area contributed by atoms with E-state index in [0.717, 1.165) is 48.5 Å². The Bertz CT molecular complexity index is 615. The fourth-order valence-corrected chi connectivity index (χ4v) is 3.73. The highest BCUT2D eigenvalue weighted by molar-refractivity contribution is 7.18. The lowest BCUT2D eigenvalue weighted by Crippen LogP contribution is -2.25. The van der Waals surface area contributed by atoms with Crippen molar-refractivity contribution in [3.63, 3.8) is 0 Å². The lowest BCUT2D eigenvalue weighted by atomic mass is 10.2. The van der Waals surface area contributed by atoms with E-state index in [-0.39, 0.29) is 0 Å². The molecule has 0 N–H and O–H groups in total. The predicted octanol–water partition coefficient (Wildman–Crippen LogP) is 4.18. The first-order valence-corrected chi connectivity index (χ1v) is 7.90. The molecular formula is C14H16F3N3S. The Hall–Kier alpha value is -1.37. The molecular weight excluding hydrogens is 299 g/mol. The van der Waals surface area contributed by atoms with Gasteiger partial charge in [-0.05, 0) is 18.9 Å². The van der Waals surface area contributed by atoms with Crippen molar-refractivity contribution in [3.05, 3.63) is 17.3 Å². The summed E-state index contributed by atoms with van der Waals surface area (Å²) in [4.78, 5) is 11.6. The minimum Gasteiger partial charge on any atom is -0.356 e. The third-order valence-corrected chi connectivity index (χ3v) is 4.68. The number of nitrogens with zero attached hydrogens (tertiary/aromatic N) is 3. The van der Waals surface area contributed by atoms with Crippen molar-refractivity contribution in [2.24, 2.45) is 0 Å². The van der Waals surface area contributed by atoms with Gasteiger partial charge in [0.05, 0.1) is 11.8 Å². The molecule has 0 spiro atoms. The Labute approximate surface area is 124 Å². The van der Waals surface area contributed by atoms with E-state index < -0.39 is 12.6 Å². The van der Waals surface area contributed by atoms with E-state index in [2.05, 4.69) is 14.9 Å². The second-order valence-corrected chi connectivity index (χ2v) is 6.44. The van der Waals surface area contributed by atoms with Crippen LogP contribution in [0.5, 0.6) is 0 Å². The average molecular weight is 315 g/mol. The minimum absolute atomic E-state index is 0.300. The molecule has 1 aliphatic heterocycles. The van der Waals surface area contributed by atoms with Gasteiger partial charge < -0.3 is 4.90 Å². The quantitative estimate of drug-likeness (QED) is 0.832. The minimum atomic E-state index is -4.18. The van der Waals surface area contributed by atoms with E-state index in [9.17, 15) is 13.2 Å². The van der Waals surface area contributed by atoms with Crippen molar-refractivity contribution in [2.45, 2.75) is 38.3 Å². The summed E-state index contributed by atoms with van der Waals surface area (Å²) in [6.45, 7) is 1.83. The molecule has 3 rings (SSSR count). The highest BCUT2D eigenvalue weighted by Gasteiger charge is 2.29. The summed E-state index contributed by atoms with van der Waals surface area (Å²) in [6, 6.07) is 1.60. The van der Waals surface area contributed by atoms with E-state index in [1.165, 1.54) is 19.2 Å². The van der Waals surface area contributed by atoms with Gasteiger partial charge in [-0.3, -0.25) is 0 Å². The molecule has 0 aliphatic carbocycles. The maximum absolute atomic E-state index is 12.5. The van der Waals surface area contributed by atoms with Crippen molar-refractivity contribution in [1.29, 1.82) is 0 Å². The van der Waals surface area contributed by atoms with Crippen LogP contribution in [0.25, 0.3) is 10.2 Å². The molecule has 7 heteroatoms. The molecule has 2 aromatic rings. The van der Waals surface area contributed by atoms with Gasteiger partial charge in [0.1, 0.15) is 17.0 Å². The maximum atomic E-state index is 12.5. The van der Waals surface area contributed by atoms with Crippen molar-refractivity contribution in [3.8, 4) is 0 Å². The molecule has 1 aliphatic rings. The fourth-order valence-electron chi connectivity index (χ4n) is 2.71. The molecule has 0 unspecified atom stereocenters. The predicted molar refractivity (Wildman–Crippen MR) is 77.9 cm³/mol. The average Bonchev–Trinajstić information content (AvgIpc) is 2.63. The largest absolute Gasteiger partial charge is 0.393 e.